The third-order valence-corrected chi connectivity index (χ3v) is 3.64. The molecule has 1 saturated heterocycles. The third-order valence-electron chi connectivity index (χ3n) is 3.40. The highest BCUT2D eigenvalue weighted by molar-refractivity contribution is 6.16. The number of imidazole rings is 1. The number of fused-ring (bicyclic) bond motifs is 1. The summed E-state index contributed by atoms with van der Waals surface area (Å²) in [6, 6.07) is 4.98. The average Bonchev–Trinajstić information content (AvgIpc) is 2.77. The molecule has 1 fully saturated rings. The molecule has 2 aromatic rings. The largest absolute Gasteiger partial charge is 0.381 e. The van der Waals surface area contributed by atoms with Gasteiger partial charge in [0.2, 0.25) is 0 Å². The topological polar surface area (TPSA) is 27.1 Å². The van der Waals surface area contributed by atoms with Crippen LogP contribution in [0.1, 0.15) is 24.7 Å². The predicted octanol–water partition coefficient (Wildman–Crippen LogP) is 3.27. The van der Waals surface area contributed by atoms with Crippen molar-refractivity contribution in [3.8, 4) is 0 Å². The molecule has 0 amide bonds. The highest BCUT2D eigenvalue weighted by atomic mass is 35.5. The van der Waals surface area contributed by atoms with Gasteiger partial charge in [0.25, 0.3) is 0 Å². The van der Waals surface area contributed by atoms with Crippen molar-refractivity contribution in [2.24, 2.45) is 0 Å². The summed E-state index contributed by atoms with van der Waals surface area (Å²) >= 11 is 5.95. The van der Waals surface area contributed by atoms with Crippen molar-refractivity contribution < 1.29 is 9.13 Å². The SMILES string of the molecule is Fc1ccc2nc(CCl)n(C3CCOCC3)c2c1. The summed E-state index contributed by atoms with van der Waals surface area (Å²) < 4.78 is 20.8. The maximum absolute atomic E-state index is 13.4. The molecular formula is C13H14ClFN2O. The fraction of sp³-hybridized carbons (Fsp3) is 0.462. The lowest BCUT2D eigenvalue weighted by atomic mass is 10.1. The van der Waals surface area contributed by atoms with Gasteiger partial charge < -0.3 is 9.30 Å². The number of benzene rings is 1. The van der Waals surface area contributed by atoms with Gasteiger partial charge in [-0.2, -0.15) is 0 Å². The second-order valence-corrected chi connectivity index (χ2v) is 4.78. The quantitative estimate of drug-likeness (QED) is 0.782. The summed E-state index contributed by atoms with van der Waals surface area (Å²) in [5, 5.41) is 0. The molecule has 0 N–H and O–H groups in total. The van der Waals surface area contributed by atoms with E-state index >= 15 is 0 Å². The summed E-state index contributed by atoms with van der Waals surface area (Å²) in [4.78, 5) is 4.47. The van der Waals surface area contributed by atoms with Crippen molar-refractivity contribution in [3.05, 3.63) is 29.8 Å². The van der Waals surface area contributed by atoms with E-state index in [1.54, 1.807) is 6.07 Å². The zero-order valence-corrected chi connectivity index (χ0v) is 10.7. The van der Waals surface area contributed by atoms with Gasteiger partial charge in [0.05, 0.1) is 16.9 Å². The standard InChI is InChI=1S/C13H14ClFN2O/c14-8-13-16-11-2-1-9(15)7-12(11)17(13)10-3-5-18-6-4-10/h1-2,7,10H,3-6,8H2. The molecule has 0 aliphatic carbocycles. The Bertz CT molecular complexity index is 563. The molecule has 96 valence electrons. The van der Waals surface area contributed by atoms with Crippen LogP contribution in [-0.2, 0) is 10.6 Å². The van der Waals surface area contributed by atoms with E-state index in [1.807, 2.05) is 0 Å². The van der Waals surface area contributed by atoms with Gasteiger partial charge in [-0.1, -0.05) is 0 Å². The van der Waals surface area contributed by atoms with Gasteiger partial charge in [0.15, 0.2) is 0 Å². The van der Waals surface area contributed by atoms with Crippen molar-refractivity contribution >= 4 is 22.6 Å². The van der Waals surface area contributed by atoms with Crippen LogP contribution in [0.2, 0.25) is 0 Å². The summed E-state index contributed by atoms with van der Waals surface area (Å²) in [6.07, 6.45) is 1.84. The Morgan fingerprint density at radius 3 is 2.89 bits per heavy atom. The van der Waals surface area contributed by atoms with Crippen molar-refractivity contribution in [1.82, 2.24) is 9.55 Å². The summed E-state index contributed by atoms with van der Waals surface area (Å²) in [7, 11) is 0. The van der Waals surface area contributed by atoms with Crippen LogP contribution in [0.25, 0.3) is 11.0 Å². The number of alkyl halides is 1. The summed E-state index contributed by atoms with van der Waals surface area (Å²) in [5.74, 6) is 0.911. The molecule has 0 radical (unpaired) electrons. The Kier molecular flexibility index (Phi) is 3.22. The summed E-state index contributed by atoms with van der Waals surface area (Å²) in [6.45, 7) is 1.47. The molecular weight excluding hydrogens is 255 g/mol. The second-order valence-electron chi connectivity index (χ2n) is 4.51. The van der Waals surface area contributed by atoms with Gasteiger partial charge in [0, 0.05) is 19.3 Å². The first-order chi connectivity index (χ1) is 8.79. The number of rotatable bonds is 2. The van der Waals surface area contributed by atoms with E-state index < -0.39 is 0 Å². The van der Waals surface area contributed by atoms with Gasteiger partial charge >= 0.3 is 0 Å². The monoisotopic (exact) mass is 268 g/mol. The van der Waals surface area contributed by atoms with E-state index in [0.717, 1.165) is 42.9 Å². The minimum atomic E-state index is -0.239. The Morgan fingerprint density at radius 1 is 1.39 bits per heavy atom. The molecule has 18 heavy (non-hydrogen) atoms. The van der Waals surface area contributed by atoms with E-state index in [9.17, 15) is 4.39 Å². The van der Waals surface area contributed by atoms with Gasteiger partial charge in [0.1, 0.15) is 11.6 Å². The number of halogens is 2. The Hall–Kier alpha value is -1.13. The van der Waals surface area contributed by atoms with E-state index in [4.69, 9.17) is 16.3 Å². The van der Waals surface area contributed by atoms with Crippen LogP contribution in [0, 0.1) is 5.82 Å². The zero-order chi connectivity index (χ0) is 12.5. The highest BCUT2D eigenvalue weighted by Crippen LogP contribution is 2.29. The molecule has 1 aromatic carbocycles. The third kappa shape index (κ3) is 1.99. The van der Waals surface area contributed by atoms with Crippen molar-refractivity contribution in [3.63, 3.8) is 0 Å². The molecule has 1 aromatic heterocycles. The molecule has 2 heterocycles. The van der Waals surface area contributed by atoms with E-state index in [2.05, 4.69) is 9.55 Å². The fourth-order valence-electron chi connectivity index (χ4n) is 2.56. The van der Waals surface area contributed by atoms with Gasteiger partial charge in [-0.25, -0.2) is 9.37 Å². The maximum atomic E-state index is 13.4. The molecule has 0 spiro atoms. The fourth-order valence-corrected chi connectivity index (χ4v) is 2.75. The first-order valence-electron chi connectivity index (χ1n) is 6.09. The van der Waals surface area contributed by atoms with E-state index in [1.165, 1.54) is 12.1 Å². The van der Waals surface area contributed by atoms with Crippen LogP contribution < -0.4 is 0 Å². The van der Waals surface area contributed by atoms with Crippen LogP contribution in [0.3, 0.4) is 0 Å². The van der Waals surface area contributed by atoms with Gasteiger partial charge in [-0.05, 0) is 31.0 Å². The second kappa shape index (κ2) is 4.86. The average molecular weight is 269 g/mol. The minimum absolute atomic E-state index is 0.239. The molecule has 1 aliphatic rings. The number of hydrogen-bond acceptors (Lipinski definition) is 2. The summed E-state index contributed by atoms with van der Waals surface area (Å²) in [5.41, 5.74) is 1.64. The van der Waals surface area contributed by atoms with Gasteiger partial charge in [-0.15, -0.1) is 11.6 Å². The highest BCUT2D eigenvalue weighted by Gasteiger charge is 2.21. The lowest BCUT2D eigenvalue weighted by Crippen LogP contribution is -2.20. The molecule has 0 unspecified atom stereocenters. The molecule has 5 heteroatoms. The number of hydrogen-bond donors (Lipinski definition) is 0. The predicted molar refractivity (Wildman–Crippen MR) is 68.3 cm³/mol. The van der Waals surface area contributed by atoms with Crippen LogP contribution in [0.4, 0.5) is 4.39 Å². The normalized spacial score (nSPS) is 17.4. The molecule has 0 atom stereocenters. The molecule has 0 saturated carbocycles. The van der Waals surface area contributed by atoms with E-state index in [0.29, 0.717) is 11.9 Å². The first-order valence-corrected chi connectivity index (χ1v) is 6.63. The maximum Gasteiger partial charge on any atom is 0.125 e. The van der Waals surface area contributed by atoms with Crippen molar-refractivity contribution in [2.75, 3.05) is 13.2 Å². The van der Waals surface area contributed by atoms with Gasteiger partial charge in [-0.3, -0.25) is 0 Å². The number of aromatic nitrogens is 2. The van der Waals surface area contributed by atoms with E-state index in [-0.39, 0.29) is 5.82 Å². The lowest BCUT2D eigenvalue weighted by molar-refractivity contribution is 0.0700. The molecule has 3 rings (SSSR count). The van der Waals surface area contributed by atoms with Crippen LogP contribution in [0.5, 0.6) is 0 Å². The molecule has 3 nitrogen and oxygen atoms in total. The minimum Gasteiger partial charge on any atom is -0.381 e. The molecule has 1 aliphatic heterocycles. The molecule has 0 bridgehead atoms. The first kappa shape index (κ1) is 11.9. The zero-order valence-electron chi connectivity index (χ0n) is 9.90. The van der Waals surface area contributed by atoms with Crippen LogP contribution >= 0.6 is 11.6 Å². The van der Waals surface area contributed by atoms with Crippen LogP contribution in [-0.4, -0.2) is 22.8 Å². The van der Waals surface area contributed by atoms with Crippen molar-refractivity contribution in [2.45, 2.75) is 24.8 Å². The Balaban J connectivity index is 2.14. The Labute approximate surface area is 110 Å². The Morgan fingerprint density at radius 2 is 2.17 bits per heavy atom. The number of nitrogens with zero attached hydrogens (tertiary/aromatic N) is 2. The van der Waals surface area contributed by atoms with Crippen molar-refractivity contribution in [1.29, 1.82) is 0 Å². The van der Waals surface area contributed by atoms with Crippen LogP contribution in [0.15, 0.2) is 18.2 Å². The lowest BCUT2D eigenvalue weighted by Gasteiger charge is -2.25. The smallest absolute Gasteiger partial charge is 0.125 e. The number of ether oxygens (including phenoxy) is 1.